The van der Waals surface area contributed by atoms with Crippen LogP contribution in [0.25, 0.3) is 16.6 Å². The summed E-state index contributed by atoms with van der Waals surface area (Å²) in [5.74, 6) is 0.662. The molecule has 0 atom stereocenters. The summed E-state index contributed by atoms with van der Waals surface area (Å²) in [7, 11) is 0. The molecule has 1 aromatic heterocycles. The zero-order valence-corrected chi connectivity index (χ0v) is 15.1. The summed E-state index contributed by atoms with van der Waals surface area (Å²) in [5, 5.41) is 0.870. The summed E-state index contributed by atoms with van der Waals surface area (Å²) in [4.78, 5) is 17.8. The molecule has 0 fully saturated rings. The van der Waals surface area contributed by atoms with Gasteiger partial charge >= 0.3 is 0 Å². The van der Waals surface area contributed by atoms with E-state index < -0.39 is 0 Å². The maximum absolute atomic E-state index is 13.2. The van der Waals surface area contributed by atoms with Crippen LogP contribution in [-0.2, 0) is 12.8 Å². The second-order valence-electron chi connectivity index (χ2n) is 6.11. The van der Waals surface area contributed by atoms with Crippen molar-refractivity contribution in [1.29, 1.82) is 0 Å². The summed E-state index contributed by atoms with van der Waals surface area (Å²) in [5.41, 5.74) is 8.24. The molecule has 3 aromatic rings. The van der Waals surface area contributed by atoms with Gasteiger partial charge in [0.1, 0.15) is 5.82 Å². The Labute approximate surface area is 152 Å². The van der Waals surface area contributed by atoms with E-state index in [-0.39, 0.29) is 5.56 Å². The first-order valence-electron chi connectivity index (χ1n) is 8.65. The van der Waals surface area contributed by atoms with Crippen molar-refractivity contribution in [2.24, 2.45) is 5.73 Å². The van der Waals surface area contributed by atoms with Gasteiger partial charge in [-0.1, -0.05) is 43.1 Å². The Morgan fingerprint density at radius 2 is 1.96 bits per heavy atom. The number of fused-ring (bicyclic) bond motifs is 1. The number of rotatable bonds is 6. The average Bonchev–Trinajstić information content (AvgIpc) is 2.60. The van der Waals surface area contributed by atoms with E-state index in [9.17, 15) is 4.79 Å². The van der Waals surface area contributed by atoms with Crippen LogP contribution in [0.15, 0.2) is 47.3 Å². The molecule has 4 nitrogen and oxygen atoms in total. The average molecular weight is 356 g/mol. The van der Waals surface area contributed by atoms with Crippen LogP contribution in [0.4, 0.5) is 0 Å². The van der Waals surface area contributed by atoms with Gasteiger partial charge in [0.2, 0.25) is 0 Å². The highest BCUT2D eigenvalue weighted by Gasteiger charge is 2.14. The van der Waals surface area contributed by atoms with Crippen molar-refractivity contribution in [2.75, 3.05) is 6.54 Å². The number of nitrogens with two attached hydrogens (primary N) is 1. The van der Waals surface area contributed by atoms with Gasteiger partial charge in [0.25, 0.3) is 5.56 Å². The van der Waals surface area contributed by atoms with E-state index in [1.54, 1.807) is 16.7 Å². The van der Waals surface area contributed by atoms with Crippen molar-refractivity contribution in [3.05, 3.63) is 69.2 Å². The first-order valence-corrected chi connectivity index (χ1v) is 9.03. The molecule has 0 saturated heterocycles. The zero-order chi connectivity index (χ0) is 17.8. The third-order valence-corrected chi connectivity index (χ3v) is 4.59. The highest BCUT2D eigenvalue weighted by Crippen LogP contribution is 2.21. The van der Waals surface area contributed by atoms with Crippen molar-refractivity contribution < 1.29 is 0 Å². The molecule has 0 unspecified atom stereocenters. The fourth-order valence-corrected chi connectivity index (χ4v) is 3.28. The molecule has 2 aromatic carbocycles. The van der Waals surface area contributed by atoms with Crippen molar-refractivity contribution in [2.45, 2.75) is 32.6 Å². The van der Waals surface area contributed by atoms with E-state index in [0.29, 0.717) is 34.7 Å². The molecule has 5 heteroatoms. The highest BCUT2D eigenvalue weighted by atomic mass is 35.5. The lowest BCUT2D eigenvalue weighted by atomic mass is 10.1. The monoisotopic (exact) mass is 355 g/mol. The van der Waals surface area contributed by atoms with Crippen LogP contribution in [0.3, 0.4) is 0 Å². The predicted molar refractivity (Wildman–Crippen MR) is 104 cm³/mol. The fourth-order valence-electron chi connectivity index (χ4n) is 3.03. The number of aryl methyl sites for hydroxylation is 1. The van der Waals surface area contributed by atoms with Crippen LogP contribution >= 0.6 is 11.6 Å². The van der Waals surface area contributed by atoms with Crippen LogP contribution in [0.5, 0.6) is 0 Å². The summed E-state index contributed by atoms with van der Waals surface area (Å²) in [6.07, 6.45) is 3.77. The minimum absolute atomic E-state index is 0.147. The largest absolute Gasteiger partial charge is 0.330 e. The third kappa shape index (κ3) is 3.60. The van der Waals surface area contributed by atoms with E-state index in [1.165, 1.54) is 5.56 Å². The molecule has 1 heterocycles. The number of hydrogen-bond acceptors (Lipinski definition) is 3. The molecular weight excluding hydrogens is 334 g/mol. The fraction of sp³-hybridized carbons (Fsp3) is 0.300. The van der Waals surface area contributed by atoms with Gasteiger partial charge in [-0.25, -0.2) is 4.98 Å². The molecule has 0 radical (unpaired) electrons. The molecule has 0 bridgehead atoms. The molecule has 0 saturated carbocycles. The van der Waals surface area contributed by atoms with E-state index in [4.69, 9.17) is 17.3 Å². The molecule has 3 rings (SSSR count). The molecule has 0 aliphatic rings. The van der Waals surface area contributed by atoms with Crippen LogP contribution in [0.2, 0.25) is 5.02 Å². The number of unbranched alkanes of at least 4 members (excludes halogenated alkanes) is 1. The Kier molecular flexibility index (Phi) is 5.51. The number of nitrogens with zero attached hydrogens (tertiary/aromatic N) is 2. The second kappa shape index (κ2) is 7.81. The van der Waals surface area contributed by atoms with E-state index >= 15 is 0 Å². The van der Waals surface area contributed by atoms with E-state index in [0.717, 1.165) is 24.9 Å². The minimum Gasteiger partial charge on any atom is -0.330 e. The van der Waals surface area contributed by atoms with Crippen molar-refractivity contribution >= 4 is 22.5 Å². The second-order valence-corrected chi connectivity index (χ2v) is 6.52. The van der Waals surface area contributed by atoms with Gasteiger partial charge in [-0.05, 0) is 49.2 Å². The molecule has 0 spiro atoms. The molecule has 0 amide bonds. The normalized spacial score (nSPS) is 11.2. The Hall–Kier alpha value is -2.17. The van der Waals surface area contributed by atoms with E-state index in [2.05, 4.69) is 24.0 Å². The van der Waals surface area contributed by atoms with Gasteiger partial charge in [0.05, 0.1) is 21.6 Å². The van der Waals surface area contributed by atoms with Gasteiger partial charge in [-0.15, -0.1) is 0 Å². The molecular formula is C20H22ClN3O. The SMILES string of the molecule is CCCCc1cccc(-n2c(CCN)nc3cccc(Cl)c3c2=O)c1. The van der Waals surface area contributed by atoms with Gasteiger partial charge in [0, 0.05) is 6.42 Å². The zero-order valence-electron chi connectivity index (χ0n) is 14.3. The van der Waals surface area contributed by atoms with Crippen molar-refractivity contribution in [1.82, 2.24) is 9.55 Å². The maximum atomic E-state index is 13.2. The lowest BCUT2D eigenvalue weighted by Crippen LogP contribution is -2.25. The van der Waals surface area contributed by atoms with Gasteiger partial charge in [-0.2, -0.15) is 0 Å². The number of aromatic nitrogens is 2. The maximum Gasteiger partial charge on any atom is 0.267 e. The van der Waals surface area contributed by atoms with Crippen molar-refractivity contribution in [3.8, 4) is 5.69 Å². The van der Waals surface area contributed by atoms with Gasteiger partial charge < -0.3 is 5.73 Å². The number of halogens is 1. The molecule has 25 heavy (non-hydrogen) atoms. The summed E-state index contributed by atoms with van der Waals surface area (Å²) in [6.45, 7) is 2.59. The third-order valence-electron chi connectivity index (χ3n) is 4.27. The Morgan fingerprint density at radius 3 is 2.72 bits per heavy atom. The Bertz CT molecular complexity index is 949. The Morgan fingerprint density at radius 1 is 1.16 bits per heavy atom. The molecule has 130 valence electrons. The molecule has 0 aliphatic carbocycles. The summed E-state index contributed by atoms with van der Waals surface area (Å²) < 4.78 is 1.65. The molecule has 2 N–H and O–H groups in total. The molecule has 0 aliphatic heterocycles. The predicted octanol–water partition coefficient (Wildman–Crippen LogP) is 3.88. The van der Waals surface area contributed by atoms with Crippen LogP contribution in [0, 0.1) is 0 Å². The lowest BCUT2D eigenvalue weighted by Gasteiger charge is -2.14. The summed E-state index contributed by atoms with van der Waals surface area (Å²) >= 11 is 6.27. The smallest absolute Gasteiger partial charge is 0.267 e. The van der Waals surface area contributed by atoms with Crippen LogP contribution < -0.4 is 11.3 Å². The first kappa shape index (κ1) is 17.6. The van der Waals surface area contributed by atoms with E-state index in [1.807, 2.05) is 18.2 Å². The quantitative estimate of drug-likeness (QED) is 0.729. The standard InChI is InChI=1S/C20H22ClN3O/c1-2-3-6-14-7-4-8-15(13-14)24-18(11-12-22)23-17-10-5-9-16(21)19(17)20(24)25/h4-5,7-10,13H,2-3,6,11-12,22H2,1H3. The minimum atomic E-state index is -0.147. The van der Waals surface area contributed by atoms with Crippen LogP contribution in [-0.4, -0.2) is 16.1 Å². The highest BCUT2D eigenvalue weighted by molar-refractivity contribution is 6.35. The topological polar surface area (TPSA) is 60.9 Å². The van der Waals surface area contributed by atoms with Gasteiger partial charge in [-0.3, -0.25) is 9.36 Å². The Balaban J connectivity index is 2.23. The number of hydrogen-bond donors (Lipinski definition) is 1. The number of benzene rings is 2. The first-order chi connectivity index (χ1) is 12.2. The van der Waals surface area contributed by atoms with Crippen LogP contribution in [0.1, 0.15) is 31.2 Å². The van der Waals surface area contributed by atoms with Crippen molar-refractivity contribution in [3.63, 3.8) is 0 Å². The lowest BCUT2D eigenvalue weighted by molar-refractivity contribution is 0.783. The van der Waals surface area contributed by atoms with Gasteiger partial charge in [0.15, 0.2) is 0 Å². The summed E-state index contributed by atoms with van der Waals surface area (Å²) in [6, 6.07) is 13.4.